The van der Waals surface area contributed by atoms with Gasteiger partial charge < -0.3 is 10.1 Å². The second-order valence-corrected chi connectivity index (χ2v) is 7.94. The first-order chi connectivity index (χ1) is 15.7. The fourth-order valence-corrected chi connectivity index (χ4v) is 3.90. The van der Waals surface area contributed by atoms with Crippen LogP contribution in [0.4, 0.5) is 20.2 Å². The van der Waals surface area contributed by atoms with Gasteiger partial charge in [0.2, 0.25) is 0 Å². The number of nitrogens with zero attached hydrogens (tertiary/aromatic N) is 1. The summed E-state index contributed by atoms with van der Waals surface area (Å²) < 4.78 is 32.7. The molecule has 0 bridgehead atoms. The van der Waals surface area contributed by atoms with E-state index in [1.165, 1.54) is 13.2 Å². The highest BCUT2D eigenvalue weighted by molar-refractivity contribution is 6.46. The van der Waals surface area contributed by atoms with E-state index in [2.05, 4.69) is 5.32 Å². The fourth-order valence-electron chi connectivity index (χ4n) is 3.90. The van der Waals surface area contributed by atoms with Crippen LogP contribution in [-0.4, -0.2) is 18.9 Å². The summed E-state index contributed by atoms with van der Waals surface area (Å²) in [5, 5.41) is 2.85. The van der Waals surface area contributed by atoms with Gasteiger partial charge in [-0.2, -0.15) is 0 Å². The summed E-state index contributed by atoms with van der Waals surface area (Å²) in [7, 11) is 1.46. The number of anilines is 2. The molecule has 33 heavy (non-hydrogen) atoms. The maximum Gasteiger partial charge on any atom is 0.282 e. The first-order valence-corrected chi connectivity index (χ1v) is 10.3. The third-order valence-corrected chi connectivity index (χ3v) is 5.50. The van der Waals surface area contributed by atoms with Gasteiger partial charge in [-0.1, -0.05) is 29.8 Å². The van der Waals surface area contributed by atoms with Crippen LogP contribution in [0.2, 0.25) is 0 Å². The number of hydrogen-bond donors (Lipinski definition) is 1. The normalized spacial score (nSPS) is 13.7. The van der Waals surface area contributed by atoms with Crippen LogP contribution in [-0.2, 0) is 9.59 Å². The molecule has 1 N–H and O–H groups in total. The number of aryl methyl sites for hydroxylation is 3. The Morgan fingerprint density at radius 3 is 2.18 bits per heavy atom. The highest BCUT2D eigenvalue weighted by atomic mass is 19.2. The number of hydrogen-bond acceptors (Lipinski definition) is 4. The lowest BCUT2D eigenvalue weighted by molar-refractivity contribution is -0.120. The average molecular weight is 448 g/mol. The Bertz CT molecular complexity index is 1330. The molecule has 7 heteroatoms. The third kappa shape index (κ3) is 3.98. The van der Waals surface area contributed by atoms with Crippen molar-refractivity contribution in [3.05, 3.63) is 94.2 Å². The van der Waals surface area contributed by atoms with E-state index in [1.54, 1.807) is 18.2 Å². The smallest absolute Gasteiger partial charge is 0.282 e. The number of carbonyl (C=O) groups excluding carboxylic acids is 2. The molecule has 0 atom stereocenters. The van der Waals surface area contributed by atoms with Crippen molar-refractivity contribution in [2.45, 2.75) is 20.8 Å². The number of benzene rings is 3. The van der Waals surface area contributed by atoms with Gasteiger partial charge in [-0.3, -0.25) is 9.59 Å². The van der Waals surface area contributed by atoms with E-state index >= 15 is 0 Å². The van der Waals surface area contributed by atoms with Crippen LogP contribution < -0.4 is 15.0 Å². The molecule has 0 fully saturated rings. The predicted molar refractivity (Wildman–Crippen MR) is 123 cm³/mol. The lowest BCUT2D eigenvalue weighted by Crippen LogP contribution is -2.32. The Hall–Kier alpha value is -4.00. The lowest BCUT2D eigenvalue weighted by atomic mass is 9.97. The van der Waals surface area contributed by atoms with Gasteiger partial charge in [-0.15, -0.1) is 0 Å². The van der Waals surface area contributed by atoms with Crippen molar-refractivity contribution in [3.63, 3.8) is 0 Å². The number of nitrogens with one attached hydrogen (secondary N) is 1. The standard InChI is InChI=1S/C26H22F2N2O3/c1-14-5-8-18(16(3)11-14)23-24(29-17-7-9-19(27)20(28)13-17)26(32)30(25(23)31)21-12-15(2)6-10-22(21)33-4/h5-13,29H,1-4H3. The SMILES string of the molecule is COc1ccc(C)cc1N1C(=O)C(Nc2ccc(F)c(F)c2)=C(c2ccc(C)cc2C)C1=O. The van der Waals surface area contributed by atoms with Crippen molar-refractivity contribution in [1.82, 2.24) is 0 Å². The zero-order valence-electron chi connectivity index (χ0n) is 18.6. The Kier molecular flexibility index (Phi) is 5.72. The lowest BCUT2D eigenvalue weighted by Gasteiger charge is -2.19. The summed E-state index contributed by atoms with van der Waals surface area (Å²) >= 11 is 0. The van der Waals surface area contributed by atoms with E-state index in [0.29, 0.717) is 17.0 Å². The molecule has 0 saturated carbocycles. The molecule has 0 aliphatic carbocycles. The van der Waals surface area contributed by atoms with Gasteiger partial charge in [0.25, 0.3) is 11.8 Å². The number of rotatable bonds is 5. The zero-order valence-corrected chi connectivity index (χ0v) is 18.6. The van der Waals surface area contributed by atoms with Crippen LogP contribution in [0, 0.1) is 32.4 Å². The van der Waals surface area contributed by atoms with Crippen molar-refractivity contribution >= 4 is 28.8 Å². The molecule has 2 amide bonds. The molecule has 0 unspecified atom stereocenters. The Morgan fingerprint density at radius 1 is 0.818 bits per heavy atom. The molecule has 0 aromatic heterocycles. The van der Waals surface area contributed by atoms with Gasteiger partial charge in [0.05, 0.1) is 18.4 Å². The van der Waals surface area contributed by atoms with E-state index < -0.39 is 23.4 Å². The van der Waals surface area contributed by atoms with Crippen molar-refractivity contribution < 1.29 is 23.1 Å². The van der Waals surface area contributed by atoms with Gasteiger partial charge in [0.15, 0.2) is 11.6 Å². The minimum absolute atomic E-state index is 0.0264. The zero-order chi connectivity index (χ0) is 23.9. The minimum atomic E-state index is -1.07. The number of amides is 2. The molecule has 1 aliphatic heterocycles. The van der Waals surface area contributed by atoms with Gasteiger partial charge in [-0.05, 0) is 61.7 Å². The second-order valence-electron chi connectivity index (χ2n) is 7.94. The van der Waals surface area contributed by atoms with Crippen molar-refractivity contribution in [2.75, 3.05) is 17.3 Å². The molecule has 4 rings (SSSR count). The number of methoxy groups -OCH3 is 1. The quantitative estimate of drug-likeness (QED) is 0.539. The van der Waals surface area contributed by atoms with E-state index in [0.717, 1.165) is 33.7 Å². The van der Waals surface area contributed by atoms with Crippen molar-refractivity contribution in [2.24, 2.45) is 0 Å². The highest BCUT2D eigenvalue weighted by Gasteiger charge is 2.42. The van der Waals surface area contributed by atoms with Crippen molar-refractivity contribution in [1.29, 1.82) is 0 Å². The number of imide groups is 1. The van der Waals surface area contributed by atoms with Gasteiger partial charge in [-0.25, -0.2) is 13.7 Å². The first-order valence-electron chi connectivity index (χ1n) is 10.3. The van der Waals surface area contributed by atoms with E-state index in [-0.39, 0.29) is 17.0 Å². The monoisotopic (exact) mass is 448 g/mol. The molecule has 0 saturated heterocycles. The summed E-state index contributed by atoms with van der Waals surface area (Å²) in [6.45, 7) is 5.61. The van der Waals surface area contributed by atoms with Gasteiger partial charge in [0, 0.05) is 11.8 Å². The topological polar surface area (TPSA) is 58.6 Å². The van der Waals surface area contributed by atoms with Crippen LogP contribution in [0.15, 0.2) is 60.3 Å². The van der Waals surface area contributed by atoms with Gasteiger partial charge >= 0.3 is 0 Å². The van der Waals surface area contributed by atoms with Gasteiger partial charge in [0.1, 0.15) is 11.4 Å². The van der Waals surface area contributed by atoms with E-state index in [1.807, 2.05) is 39.0 Å². The van der Waals surface area contributed by atoms with E-state index in [9.17, 15) is 18.4 Å². The molecule has 0 radical (unpaired) electrons. The molecule has 5 nitrogen and oxygen atoms in total. The third-order valence-electron chi connectivity index (χ3n) is 5.50. The Labute approximate surface area is 190 Å². The highest BCUT2D eigenvalue weighted by Crippen LogP contribution is 2.39. The minimum Gasteiger partial charge on any atom is -0.495 e. The Balaban J connectivity index is 1.90. The molecule has 3 aromatic rings. The molecular formula is C26H22F2N2O3. The average Bonchev–Trinajstić information content (AvgIpc) is 3.00. The summed E-state index contributed by atoms with van der Waals surface area (Å²) in [6, 6.07) is 13.9. The van der Waals surface area contributed by atoms with Crippen LogP contribution in [0.25, 0.3) is 5.57 Å². The maximum atomic E-state index is 13.8. The van der Waals surface area contributed by atoms with Crippen LogP contribution in [0.5, 0.6) is 5.75 Å². The van der Waals surface area contributed by atoms with Crippen LogP contribution >= 0.6 is 0 Å². The van der Waals surface area contributed by atoms with Crippen LogP contribution in [0.1, 0.15) is 22.3 Å². The first kappa shape index (κ1) is 22.2. The van der Waals surface area contributed by atoms with Crippen LogP contribution in [0.3, 0.4) is 0 Å². The fraction of sp³-hybridized carbons (Fsp3) is 0.154. The molecule has 1 heterocycles. The number of carbonyl (C=O) groups is 2. The second kappa shape index (κ2) is 8.50. The molecular weight excluding hydrogens is 426 g/mol. The summed E-state index contributed by atoms with van der Waals surface area (Å²) in [5.41, 5.74) is 3.77. The number of halogens is 2. The largest absolute Gasteiger partial charge is 0.495 e. The molecule has 0 spiro atoms. The van der Waals surface area contributed by atoms with E-state index in [4.69, 9.17) is 4.74 Å². The summed E-state index contributed by atoms with van der Waals surface area (Å²) in [6.07, 6.45) is 0. The summed E-state index contributed by atoms with van der Waals surface area (Å²) in [5.74, 6) is -2.88. The molecule has 1 aliphatic rings. The summed E-state index contributed by atoms with van der Waals surface area (Å²) in [4.78, 5) is 28.3. The molecule has 168 valence electrons. The Morgan fingerprint density at radius 2 is 1.52 bits per heavy atom. The van der Waals surface area contributed by atoms with Crippen molar-refractivity contribution in [3.8, 4) is 5.75 Å². The maximum absolute atomic E-state index is 13.8. The molecule has 3 aromatic carbocycles. The number of ether oxygens (including phenoxy) is 1. The predicted octanol–water partition coefficient (Wildman–Crippen LogP) is 5.30.